The van der Waals surface area contributed by atoms with E-state index >= 15 is 0 Å². The van der Waals surface area contributed by atoms with E-state index in [0.717, 1.165) is 0 Å². The quantitative estimate of drug-likeness (QED) is 0.604. The van der Waals surface area contributed by atoms with E-state index in [2.05, 4.69) is 17.7 Å². The average molecular weight is 294 g/mol. The molecule has 0 saturated heterocycles. The molecule has 0 aromatic heterocycles. The molecule has 98 valence electrons. The topological polar surface area (TPSA) is 88.1 Å². The Kier molecular flexibility index (Phi) is 8.88. The molecule has 2 unspecified atom stereocenters. The minimum Gasteiger partial charge on any atom is -0.311 e. The van der Waals surface area contributed by atoms with E-state index in [9.17, 15) is 13.7 Å². The minimum absolute atomic E-state index is 0.0556. The second-order valence-corrected chi connectivity index (χ2v) is 7.37. The van der Waals surface area contributed by atoms with Gasteiger partial charge in [-0.3, -0.25) is 13.7 Å². The summed E-state index contributed by atoms with van der Waals surface area (Å²) in [6.07, 6.45) is -0.0556. The van der Waals surface area contributed by atoms with Crippen molar-refractivity contribution >= 4 is 24.1 Å². The first-order valence-electron chi connectivity index (χ1n) is 4.79. The molecule has 0 aromatic rings. The zero-order chi connectivity index (χ0) is 12.6. The number of hydrogen-bond acceptors (Lipinski definition) is 7. The fraction of sp³-hybridized carbons (Fsp3) is 1.00. The van der Waals surface area contributed by atoms with E-state index in [1.807, 2.05) is 0 Å². The summed E-state index contributed by atoms with van der Waals surface area (Å²) in [5.41, 5.74) is 0. The molecule has 7 nitrogen and oxygen atoms in total. The summed E-state index contributed by atoms with van der Waals surface area (Å²) in [5, 5.41) is 0. The monoisotopic (exact) mass is 294 g/mol. The molecule has 2 atom stereocenters. The van der Waals surface area contributed by atoms with Crippen molar-refractivity contribution in [1.29, 1.82) is 0 Å². The third-order valence-electron chi connectivity index (χ3n) is 1.34. The number of rotatable bonds is 9. The molecule has 0 N–H and O–H groups in total. The van der Waals surface area contributed by atoms with Crippen LogP contribution in [0.25, 0.3) is 0 Å². The van der Waals surface area contributed by atoms with Crippen molar-refractivity contribution in [2.75, 3.05) is 19.4 Å². The highest BCUT2D eigenvalue weighted by molar-refractivity contribution is 7.65. The van der Waals surface area contributed by atoms with Crippen LogP contribution in [0.4, 0.5) is 0 Å². The molecule has 0 aliphatic heterocycles. The van der Waals surface area contributed by atoms with Crippen LogP contribution in [0.3, 0.4) is 0 Å². The van der Waals surface area contributed by atoms with Gasteiger partial charge in [0, 0.05) is 6.16 Å². The normalized spacial score (nSPS) is 18.9. The summed E-state index contributed by atoms with van der Waals surface area (Å²) in [4.78, 5) is 0. The van der Waals surface area contributed by atoms with Gasteiger partial charge >= 0.3 is 24.1 Å². The van der Waals surface area contributed by atoms with E-state index in [1.54, 1.807) is 13.8 Å². The van der Waals surface area contributed by atoms with Gasteiger partial charge in [0.25, 0.3) is 0 Å². The fourth-order valence-corrected chi connectivity index (χ4v) is 4.89. The highest BCUT2D eigenvalue weighted by atomic mass is 31.3. The van der Waals surface area contributed by atoms with E-state index in [4.69, 9.17) is 0 Å². The summed E-state index contributed by atoms with van der Waals surface area (Å²) in [6, 6.07) is 0. The standard InChI is InChI=1S/C6H17O7P3/c1-4-10-14(7)12-16(9,6-3)13-15(8)11-5-2/h14-15H,4-6H2,1-3H3. The molecule has 0 aliphatic carbocycles. The lowest BCUT2D eigenvalue weighted by molar-refractivity contribution is 0.270. The Bertz CT molecular complexity index is 268. The lowest BCUT2D eigenvalue weighted by atomic mass is 10.9. The van der Waals surface area contributed by atoms with Gasteiger partial charge in [-0.25, -0.2) is 8.62 Å². The summed E-state index contributed by atoms with van der Waals surface area (Å²) in [5.74, 6) is 0. The van der Waals surface area contributed by atoms with Crippen molar-refractivity contribution in [3.05, 3.63) is 0 Å². The van der Waals surface area contributed by atoms with Crippen molar-refractivity contribution < 1.29 is 31.4 Å². The van der Waals surface area contributed by atoms with Gasteiger partial charge in [0.2, 0.25) is 0 Å². The molecule has 0 heterocycles. The number of hydrogen-bond donors (Lipinski definition) is 0. The van der Waals surface area contributed by atoms with Gasteiger partial charge in [-0.2, -0.15) is 0 Å². The largest absolute Gasteiger partial charge is 0.344 e. The van der Waals surface area contributed by atoms with Crippen LogP contribution < -0.4 is 0 Å². The summed E-state index contributed by atoms with van der Waals surface area (Å²) >= 11 is 0. The maximum absolute atomic E-state index is 11.8. The van der Waals surface area contributed by atoms with Gasteiger partial charge < -0.3 is 9.05 Å². The molecule has 0 rings (SSSR count). The fourth-order valence-electron chi connectivity index (χ4n) is 0.663. The first-order valence-corrected chi connectivity index (χ1v) is 8.96. The molecule has 0 aliphatic rings. The van der Waals surface area contributed by atoms with Crippen molar-refractivity contribution in [2.45, 2.75) is 20.8 Å². The summed E-state index contributed by atoms with van der Waals surface area (Å²) < 4.78 is 52.6. The highest BCUT2D eigenvalue weighted by Gasteiger charge is 2.28. The van der Waals surface area contributed by atoms with Crippen molar-refractivity contribution in [3.8, 4) is 0 Å². The lowest BCUT2D eigenvalue weighted by Gasteiger charge is -2.15. The summed E-state index contributed by atoms with van der Waals surface area (Å²) in [7, 11) is -9.43. The molecule has 0 saturated carbocycles. The van der Waals surface area contributed by atoms with E-state index in [1.165, 1.54) is 6.92 Å². The lowest BCUT2D eigenvalue weighted by Crippen LogP contribution is -1.91. The van der Waals surface area contributed by atoms with Crippen molar-refractivity contribution in [2.24, 2.45) is 0 Å². The van der Waals surface area contributed by atoms with Crippen molar-refractivity contribution in [1.82, 2.24) is 0 Å². The van der Waals surface area contributed by atoms with Crippen LogP contribution in [0, 0.1) is 0 Å². The molecule has 16 heavy (non-hydrogen) atoms. The maximum Gasteiger partial charge on any atom is 0.344 e. The Hall–Kier alpha value is 0.530. The molecule has 0 spiro atoms. The van der Waals surface area contributed by atoms with Gasteiger partial charge in [-0.05, 0) is 13.8 Å². The van der Waals surface area contributed by atoms with Crippen LogP contribution in [0.15, 0.2) is 0 Å². The van der Waals surface area contributed by atoms with Crippen LogP contribution in [0.2, 0.25) is 0 Å². The second-order valence-electron chi connectivity index (χ2n) is 2.48. The molecule has 0 amide bonds. The molecule has 0 fully saturated rings. The average Bonchev–Trinajstić information content (AvgIpc) is 2.17. The van der Waals surface area contributed by atoms with Crippen LogP contribution in [0.1, 0.15) is 20.8 Å². The van der Waals surface area contributed by atoms with Crippen LogP contribution >= 0.6 is 24.1 Å². The summed E-state index contributed by atoms with van der Waals surface area (Å²) in [6.45, 7) is 5.08. The van der Waals surface area contributed by atoms with E-state index in [-0.39, 0.29) is 19.4 Å². The Labute approximate surface area is 96.2 Å². The molecule has 0 radical (unpaired) electrons. The predicted molar refractivity (Wildman–Crippen MR) is 61.6 cm³/mol. The van der Waals surface area contributed by atoms with Crippen LogP contribution in [-0.4, -0.2) is 19.4 Å². The van der Waals surface area contributed by atoms with Gasteiger partial charge in [-0.15, -0.1) is 0 Å². The molecular formula is C6H17O7P3. The van der Waals surface area contributed by atoms with Gasteiger partial charge in [0.05, 0.1) is 13.2 Å². The second kappa shape index (κ2) is 8.60. The first kappa shape index (κ1) is 16.5. The maximum atomic E-state index is 11.8. The Balaban J connectivity index is 4.36. The first-order chi connectivity index (χ1) is 7.47. The third kappa shape index (κ3) is 6.97. The Morgan fingerprint density at radius 2 is 1.31 bits per heavy atom. The molecule has 0 aromatic carbocycles. The molecule has 10 heteroatoms. The zero-order valence-electron chi connectivity index (χ0n) is 9.43. The third-order valence-corrected chi connectivity index (χ3v) is 6.58. The molecule has 0 bridgehead atoms. The van der Waals surface area contributed by atoms with Crippen molar-refractivity contribution in [3.63, 3.8) is 0 Å². The van der Waals surface area contributed by atoms with Crippen LogP contribution in [-0.2, 0) is 31.4 Å². The van der Waals surface area contributed by atoms with Gasteiger partial charge in [0.1, 0.15) is 0 Å². The Morgan fingerprint density at radius 3 is 1.56 bits per heavy atom. The zero-order valence-corrected chi connectivity index (χ0v) is 12.3. The van der Waals surface area contributed by atoms with Gasteiger partial charge in [-0.1, -0.05) is 6.92 Å². The smallest absolute Gasteiger partial charge is 0.311 e. The van der Waals surface area contributed by atoms with Gasteiger partial charge in [0.15, 0.2) is 0 Å². The van der Waals surface area contributed by atoms with Crippen LogP contribution in [0.5, 0.6) is 0 Å². The Morgan fingerprint density at radius 1 is 0.938 bits per heavy atom. The minimum atomic E-state index is -3.66. The van der Waals surface area contributed by atoms with E-state index < -0.39 is 24.1 Å². The van der Waals surface area contributed by atoms with E-state index in [0.29, 0.717) is 0 Å². The molecular weight excluding hydrogens is 277 g/mol. The predicted octanol–water partition coefficient (Wildman–Crippen LogP) is 3.09. The highest BCUT2D eigenvalue weighted by Crippen LogP contribution is 2.60. The SMILES string of the molecule is CCO[PH](=O)OP(=O)(CC)O[PH](=O)OCC.